The molecule has 1 amide bonds. The first kappa shape index (κ1) is 21.6. The molecule has 9 heteroatoms. The summed E-state index contributed by atoms with van der Waals surface area (Å²) in [6.07, 6.45) is 3.05. The molecule has 1 aromatic rings. The first-order valence-electron chi connectivity index (χ1n) is 8.61. The number of nitrogens with one attached hydrogen (secondary N) is 1. The van der Waals surface area contributed by atoms with Crippen LogP contribution in [-0.2, 0) is 23.9 Å². The van der Waals surface area contributed by atoms with Gasteiger partial charge in [0.05, 0.1) is 12.1 Å². The van der Waals surface area contributed by atoms with Crippen molar-refractivity contribution in [3.63, 3.8) is 0 Å². The SMILES string of the molecule is COC(=O)[C@H](CC(C)C)NC(=O)COC(=O)/C=C/c1cc(Cl)c2c(c1)OCO2. The van der Waals surface area contributed by atoms with Crippen molar-refractivity contribution in [1.29, 1.82) is 0 Å². The van der Waals surface area contributed by atoms with Crippen LogP contribution in [0.3, 0.4) is 0 Å². The molecule has 28 heavy (non-hydrogen) atoms. The summed E-state index contributed by atoms with van der Waals surface area (Å²) >= 11 is 6.07. The first-order valence-corrected chi connectivity index (χ1v) is 8.99. The number of ether oxygens (including phenoxy) is 4. The van der Waals surface area contributed by atoms with Gasteiger partial charge < -0.3 is 24.3 Å². The Bertz CT molecular complexity index is 776. The van der Waals surface area contributed by atoms with Gasteiger partial charge in [0.25, 0.3) is 5.91 Å². The number of amides is 1. The smallest absolute Gasteiger partial charge is 0.331 e. The van der Waals surface area contributed by atoms with Gasteiger partial charge in [0.1, 0.15) is 6.04 Å². The van der Waals surface area contributed by atoms with Crippen LogP contribution in [-0.4, -0.2) is 44.4 Å². The summed E-state index contributed by atoms with van der Waals surface area (Å²) in [6, 6.07) is 2.48. The monoisotopic (exact) mass is 411 g/mol. The zero-order chi connectivity index (χ0) is 20.7. The molecule has 1 aliphatic rings. The summed E-state index contributed by atoms with van der Waals surface area (Å²) in [6.45, 7) is 3.39. The zero-order valence-electron chi connectivity index (χ0n) is 15.8. The Morgan fingerprint density at radius 1 is 1.29 bits per heavy atom. The van der Waals surface area contributed by atoms with E-state index in [9.17, 15) is 14.4 Å². The normalized spacial score (nSPS) is 13.5. The second-order valence-corrected chi connectivity index (χ2v) is 6.86. The number of halogens is 1. The molecule has 0 aromatic heterocycles. The van der Waals surface area contributed by atoms with Crippen LogP contribution >= 0.6 is 11.6 Å². The lowest BCUT2D eigenvalue weighted by Crippen LogP contribution is -2.44. The number of rotatable bonds is 8. The fourth-order valence-corrected chi connectivity index (χ4v) is 2.77. The number of hydrogen-bond donors (Lipinski definition) is 1. The number of methoxy groups -OCH3 is 1. The van der Waals surface area contributed by atoms with E-state index in [-0.39, 0.29) is 12.7 Å². The van der Waals surface area contributed by atoms with Gasteiger partial charge in [0.2, 0.25) is 6.79 Å². The minimum Gasteiger partial charge on any atom is -0.467 e. The third kappa shape index (κ3) is 6.16. The molecular weight excluding hydrogens is 390 g/mol. The van der Waals surface area contributed by atoms with Gasteiger partial charge in [-0.25, -0.2) is 9.59 Å². The second kappa shape index (κ2) is 9.98. The van der Waals surface area contributed by atoms with E-state index in [0.29, 0.717) is 28.5 Å². The van der Waals surface area contributed by atoms with Gasteiger partial charge in [-0.1, -0.05) is 25.4 Å². The van der Waals surface area contributed by atoms with Gasteiger partial charge >= 0.3 is 11.9 Å². The van der Waals surface area contributed by atoms with Crippen LogP contribution < -0.4 is 14.8 Å². The maximum Gasteiger partial charge on any atom is 0.331 e. The van der Waals surface area contributed by atoms with Crippen LogP contribution in [0.5, 0.6) is 11.5 Å². The van der Waals surface area contributed by atoms with E-state index in [1.165, 1.54) is 13.2 Å². The van der Waals surface area contributed by atoms with E-state index in [2.05, 4.69) is 10.1 Å². The minimum absolute atomic E-state index is 0.0861. The molecule has 1 atom stereocenters. The molecule has 0 aliphatic carbocycles. The number of hydrogen-bond acceptors (Lipinski definition) is 7. The minimum atomic E-state index is -0.789. The molecule has 2 rings (SSSR count). The van der Waals surface area contributed by atoms with Gasteiger partial charge in [-0.3, -0.25) is 4.79 Å². The maximum atomic E-state index is 11.9. The Morgan fingerprint density at radius 3 is 2.71 bits per heavy atom. The summed E-state index contributed by atoms with van der Waals surface area (Å²) in [5, 5.41) is 2.86. The third-order valence-electron chi connectivity index (χ3n) is 3.73. The van der Waals surface area contributed by atoms with Gasteiger partial charge in [0, 0.05) is 6.08 Å². The van der Waals surface area contributed by atoms with E-state index in [1.807, 2.05) is 13.8 Å². The van der Waals surface area contributed by atoms with E-state index < -0.39 is 30.5 Å². The van der Waals surface area contributed by atoms with Crippen molar-refractivity contribution in [2.75, 3.05) is 20.5 Å². The fourth-order valence-electron chi connectivity index (χ4n) is 2.50. The van der Waals surface area contributed by atoms with Crippen LogP contribution in [0, 0.1) is 5.92 Å². The first-order chi connectivity index (χ1) is 13.3. The molecule has 1 aliphatic heterocycles. The number of benzene rings is 1. The Kier molecular flexibility index (Phi) is 7.69. The highest BCUT2D eigenvalue weighted by molar-refractivity contribution is 6.32. The predicted molar refractivity (Wildman–Crippen MR) is 101 cm³/mol. The topological polar surface area (TPSA) is 100 Å². The Hall–Kier alpha value is -2.74. The standard InChI is InChI=1S/C19H22ClNO7/c1-11(2)6-14(19(24)25-3)21-16(22)9-26-17(23)5-4-12-7-13(20)18-15(8-12)27-10-28-18/h4-5,7-8,11,14H,6,9-10H2,1-3H3,(H,21,22)/b5-4+/t14-/m0/s1. The van der Waals surface area contributed by atoms with Crippen molar-refractivity contribution in [1.82, 2.24) is 5.32 Å². The highest BCUT2D eigenvalue weighted by Crippen LogP contribution is 2.40. The molecule has 0 radical (unpaired) electrons. The summed E-state index contributed by atoms with van der Waals surface area (Å²) in [5.74, 6) is -0.749. The molecule has 0 saturated heterocycles. The molecule has 0 fully saturated rings. The Balaban J connectivity index is 1.86. The van der Waals surface area contributed by atoms with E-state index in [4.69, 9.17) is 25.8 Å². The molecule has 1 aromatic carbocycles. The van der Waals surface area contributed by atoms with Gasteiger partial charge in [0.15, 0.2) is 18.1 Å². The summed E-state index contributed by atoms with van der Waals surface area (Å²) in [4.78, 5) is 35.5. The summed E-state index contributed by atoms with van der Waals surface area (Å²) in [5.41, 5.74) is 0.610. The molecule has 0 spiro atoms. The zero-order valence-corrected chi connectivity index (χ0v) is 16.6. The molecule has 0 saturated carbocycles. The number of carbonyl (C=O) groups excluding carboxylic acids is 3. The fraction of sp³-hybridized carbons (Fsp3) is 0.421. The lowest BCUT2D eigenvalue weighted by molar-refractivity contribution is -0.148. The van der Waals surface area contributed by atoms with E-state index in [0.717, 1.165) is 6.08 Å². The second-order valence-electron chi connectivity index (χ2n) is 6.45. The van der Waals surface area contributed by atoms with Crippen molar-refractivity contribution in [3.05, 3.63) is 28.8 Å². The average Bonchev–Trinajstić information content (AvgIpc) is 3.12. The molecule has 8 nitrogen and oxygen atoms in total. The van der Waals surface area contributed by atoms with Crippen molar-refractivity contribution in [3.8, 4) is 11.5 Å². The van der Waals surface area contributed by atoms with Crippen molar-refractivity contribution < 1.29 is 33.3 Å². The van der Waals surface area contributed by atoms with Crippen LogP contribution in [0.15, 0.2) is 18.2 Å². The molecule has 152 valence electrons. The number of esters is 2. The van der Waals surface area contributed by atoms with Crippen LogP contribution in [0.4, 0.5) is 0 Å². The largest absolute Gasteiger partial charge is 0.467 e. The van der Waals surface area contributed by atoms with Gasteiger partial charge in [-0.05, 0) is 36.1 Å². The lowest BCUT2D eigenvalue weighted by atomic mass is 10.0. The van der Waals surface area contributed by atoms with Crippen LogP contribution in [0.25, 0.3) is 6.08 Å². The highest BCUT2D eigenvalue weighted by atomic mass is 35.5. The third-order valence-corrected chi connectivity index (χ3v) is 4.02. The maximum absolute atomic E-state index is 11.9. The molecule has 0 unspecified atom stereocenters. The average molecular weight is 412 g/mol. The molecule has 0 bridgehead atoms. The Morgan fingerprint density at radius 2 is 2.04 bits per heavy atom. The predicted octanol–water partition coefficient (Wildman–Crippen LogP) is 2.33. The molecule has 1 N–H and O–H groups in total. The lowest BCUT2D eigenvalue weighted by Gasteiger charge is -2.18. The van der Waals surface area contributed by atoms with Gasteiger partial charge in [-0.2, -0.15) is 0 Å². The summed E-state index contributed by atoms with van der Waals surface area (Å²) in [7, 11) is 1.25. The molecular formula is C19H22ClNO7. The Labute approximate surface area is 167 Å². The number of fused-ring (bicyclic) bond motifs is 1. The van der Waals surface area contributed by atoms with Crippen LogP contribution in [0.2, 0.25) is 5.02 Å². The quantitative estimate of drug-likeness (QED) is 0.517. The van der Waals surface area contributed by atoms with Crippen molar-refractivity contribution in [2.45, 2.75) is 26.3 Å². The summed E-state index contributed by atoms with van der Waals surface area (Å²) < 4.78 is 20.0. The van der Waals surface area contributed by atoms with Gasteiger partial charge in [-0.15, -0.1) is 0 Å². The molecule has 1 heterocycles. The number of carbonyl (C=O) groups is 3. The van der Waals surface area contributed by atoms with E-state index >= 15 is 0 Å². The van der Waals surface area contributed by atoms with E-state index in [1.54, 1.807) is 12.1 Å². The van der Waals surface area contributed by atoms with Crippen LogP contribution in [0.1, 0.15) is 25.8 Å². The van der Waals surface area contributed by atoms with Crippen molar-refractivity contribution in [2.24, 2.45) is 5.92 Å². The highest BCUT2D eigenvalue weighted by Gasteiger charge is 2.23. The van der Waals surface area contributed by atoms with Crippen molar-refractivity contribution >= 4 is 35.5 Å².